The van der Waals surface area contributed by atoms with Crippen molar-refractivity contribution in [1.29, 1.82) is 0 Å². The van der Waals surface area contributed by atoms with Crippen molar-refractivity contribution in [3.63, 3.8) is 0 Å². The highest BCUT2D eigenvalue weighted by atomic mass is 32.2. The topological polar surface area (TPSA) is 70.2 Å². The molecule has 5 aromatic rings. The number of fused-ring (bicyclic) bond motifs is 1. The number of halogens is 2. The molecular formula is C25H17F2N3O3S. The molecule has 3 aromatic carbocycles. The summed E-state index contributed by atoms with van der Waals surface area (Å²) in [6.07, 6.45) is 1.58. The van der Waals surface area contributed by atoms with Crippen LogP contribution in [0.2, 0.25) is 0 Å². The first kappa shape index (κ1) is 21.8. The molecular weight excluding hydrogens is 460 g/mol. The minimum atomic E-state index is -2.93. The van der Waals surface area contributed by atoms with E-state index in [1.54, 1.807) is 36.6 Å². The maximum atomic E-state index is 13.3. The van der Waals surface area contributed by atoms with E-state index in [1.807, 2.05) is 36.4 Å². The van der Waals surface area contributed by atoms with Crippen LogP contribution in [-0.4, -0.2) is 21.1 Å². The molecule has 5 rings (SSSR count). The molecule has 0 bridgehead atoms. The van der Waals surface area contributed by atoms with Gasteiger partial charge in [-0.15, -0.1) is 0 Å². The summed E-state index contributed by atoms with van der Waals surface area (Å²) in [5.74, 6) is 0.925. The normalized spacial score (nSPS) is 11.3. The second-order valence-electron chi connectivity index (χ2n) is 7.22. The molecule has 0 radical (unpaired) electrons. The lowest BCUT2D eigenvalue weighted by atomic mass is 10.2. The summed E-state index contributed by atoms with van der Waals surface area (Å²) < 4.78 is 36.5. The number of para-hydroxylation sites is 1. The van der Waals surface area contributed by atoms with E-state index in [0.29, 0.717) is 39.1 Å². The van der Waals surface area contributed by atoms with Gasteiger partial charge in [0.25, 0.3) is 5.56 Å². The van der Waals surface area contributed by atoms with Gasteiger partial charge < -0.3 is 9.15 Å². The first-order valence-corrected chi connectivity index (χ1v) is 11.3. The third-order valence-corrected chi connectivity index (χ3v) is 5.96. The number of nitrogens with zero attached hydrogens (tertiary/aromatic N) is 3. The van der Waals surface area contributed by atoms with Crippen LogP contribution in [0.25, 0.3) is 28.0 Å². The molecule has 0 N–H and O–H groups in total. The Morgan fingerprint density at radius 1 is 0.941 bits per heavy atom. The van der Waals surface area contributed by atoms with E-state index in [-0.39, 0.29) is 11.3 Å². The molecule has 0 saturated heterocycles. The maximum absolute atomic E-state index is 13.3. The third-order valence-electron chi connectivity index (χ3n) is 4.99. The predicted octanol–water partition coefficient (Wildman–Crippen LogP) is 5.93. The number of aromatic nitrogens is 3. The van der Waals surface area contributed by atoms with E-state index >= 15 is 0 Å². The van der Waals surface area contributed by atoms with E-state index < -0.39 is 6.61 Å². The first-order valence-electron chi connectivity index (χ1n) is 10.3. The standard InChI is InChI=1S/C25H17F2N3O3S/c26-24(27)33-19-12-10-18(11-13-19)30-23(31)20-8-4-5-9-21(20)29-25(30)34-15-17-14-32-22(28-17)16-6-2-1-3-7-16/h1-14,24H,15H2. The van der Waals surface area contributed by atoms with E-state index in [0.717, 1.165) is 5.56 Å². The van der Waals surface area contributed by atoms with Crippen molar-refractivity contribution in [2.45, 2.75) is 17.5 Å². The van der Waals surface area contributed by atoms with Crippen molar-refractivity contribution in [2.24, 2.45) is 0 Å². The molecule has 6 nitrogen and oxygen atoms in total. The second kappa shape index (κ2) is 9.48. The summed E-state index contributed by atoms with van der Waals surface area (Å²) in [4.78, 5) is 22.5. The number of hydrogen-bond donors (Lipinski definition) is 0. The molecule has 0 fully saturated rings. The Morgan fingerprint density at radius 3 is 2.44 bits per heavy atom. The van der Waals surface area contributed by atoms with E-state index in [4.69, 9.17) is 4.42 Å². The van der Waals surface area contributed by atoms with Crippen molar-refractivity contribution < 1.29 is 17.9 Å². The summed E-state index contributed by atoms with van der Waals surface area (Å²) in [6.45, 7) is -2.93. The number of benzene rings is 3. The molecule has 0 aliphatic carbocycles. The first-order chi connectivity index (χ1) is 16.6. The molecule has 2 aromatic heterocycles. The monoisotopic (exact) mass is 477 g/mol. The zero-order valence-electron chi connectivity index (χ0n) is 17.6. The van der Waals surface area contributed by atoms with Gasteiger partial charge in [0.05, 0.1) is 22.3 Å². The number of thioether (sulfide) groups is 1. The highest BCUT2D eigenvalue weighted by Gasteiger charge is 2.15. The summed E-state index contributed by atoms with van der Waals surface area (Å²) in [5, 5.41) is 0.892. The Morgan fingerprint density at radius 2 is 1.68 bits per heavy atom. The zero-order valence-corrected chi connectivity index (χ0v) is 18.4. The van der Waals surface area contributed by atoms with Gasteiger partial charge >= 0.3 is 6.61 Å². The third kappa shape index (κ3) is 4.55. The van der Waals surface area contributed by atoms with Crippen LogP contribution in [0.1, 0.15) is 5.69 Å². The van der Waals surface area contributed by atoms with Crippen LogP contribution < -0.4 is 10.3 Å². The lowest BCUT2D eigenvalue weighted by molar-refractivity contribution is -0.0498. The number of alkyl halides is 2. The van der Waals surface area contributed by atoms with E-state index in [9.17, 15) is 13.6 Å². The van der Waals surface area contributed by atoms with Crippen LogP contribution in [0.3, 0.4) is 0 Å². The molecule has 0 unspecified atom stereocenters. The molecule has 0 amide bonds. The zero-order chi connectivity index (χ0) is 23.5. The average Bonchev–Trinajstić information content (AvgIpc) is 3.33. The molecule has 0 spiro atoms. The second-order valence-corrected chi connectivity index (χ2v) is 8.17. The van der Waals surface area contributed by atoms with Crippen LogP contribution in [0, 0.1) is 0 Å². The molecule has 0 atom stereocenters. The Bertz CT molecular complexity index is 1490. The maximum Gasteiger partial charge on any atom is 0.387 e. The van der Waals surface area contributed by atoms with Gasteiger partial charge in [-0.05, 0) is 48.5 Å². The highest BCUT2D eigenvalue weighted by Crippen LogP contribution is 2.27. The van der Waals surface area contributed by atoms with Crippen molar-refractivity contribution >= 4 is 22.7 Å². The van der Waals surface area contributed by atoms with E-state index in [1.165, 1.54) is 28.5 Å². The summed E-state index contributed by atoms with van der Waals surface area (Å²) >= 11 is 1.33. The van der Waals surface area contributed by atoms with Gasteiger partial charge in [-0.3, -0.25) is 9.36 Å². The van der Waals surface area contributed by atoms with Crippen LogP contribution in [0.5, 0.6) is 5.75 Å². The SMILES string of the molecule is O=c1c2ccccc2nc(SCc2coc(-c3ccccc3)n2)n1-c1ccc(OC(F)F)cc1. The Hall–Kier alpha value is -3.98. The minimum absolute atomic E-state index is 0.00536. The number of oxazole rings is 1. The van der Waals surface area contributed by atoms with Crippen molar-refractivity contribution in [3.05, 3.63) is 101 Å². The largest absolute Gasteiger partial charge is 0.444 e. The van der Waals surface area contributed by atoms with Gasteiger partial charge in [0.2, 0.25) is 5.89 Å². The van der Waals surface area contributed by atoms with Gasteiger partial charge in [0.1, 0.15) is 12.0 Å². The van der Waals surface area contributed by atoms with Gasteiger partial charge in [-0.25, -0.2) is 9.97 Å². The van der Waals surface area contributed by atoms with Crippen LogP contribution >= 0.6 is 11.8 Å². The molecule has 0 aliphatic heterocycles. The van der Waals surface area contributed by atoms with Crippen LogP contribution in [0.4, 0.5) is 8.78 Å². The minimum Gasteiger partial charge on any atom is -0.444 e. The highest BCUT2D eigenvalue weighted by molar-refractivity contribution is 7.98. The number of hydrogen-bond acceptors (Lipinski definition) is 6. The summed E-state index contributed by atoms with van der Waals surface area (Å²) in [5.41, 5.74) is 2.34. The van der Waals surface area contributed by atoms with E-state index in [2.05, 4.69) is 14.7 Å². The number of rotatable bonds is 7. The fraction of sp³-hybridized carbons (Fsp3) is 0.0800. The van der Waals surface area contributed by atoms with Gasteiger partial charge in [-0.1, -0.05) is 42.1 Å². The van der Waals surface area contributed by atoms with Crippen molar-refractivity contribution in [3.8, 4) is 22.9 Å². The van der Waals surface area contributed by atoms with Crippen LogP contribution in [-0.2, 0) is 5.75 Å². The lowest BCUT2D eigenvalue weighted by Gasteiger charge is -2.13. The predicted molar refractivity (Wildman–Crippen MR) is 125 cm³/mol. The fourth-order valence-electron chi connectivity index (χ4n) is 3.44. The molecule has 0 aliphatic rings. The molecule has 170 valence electrons. The van der Waals surface area contributed by atoms with Crippen molar-refractivity contribution in [2.75, 3.05) is 0 Å². The summed E-state index contributed by atoms with van der Waals surface area (Å²) in [6, 6.07) is 22.5. The molecule has 0 saturated carbocycles. The molecule has 9 heteroatoms. The average molecular weight is 477 g/mol. The quantitative estimate of drug-likeness (QED) is 0.214. The molecule has 34 heavy (non-hydrogen) atoms. The van der Waals surface area contributed by atoms with Gasteiger partial charge in [0, 0.05) is 11.3 Å². The summed E-state index contributed by atoms with van der Waals surface area (Å²) in [7, 11) is 0. The van der Waals surface area contributed by atoms with Gasteiger partial charge in [-0.2, -0.15) is 8.78 Å². The lowest BCUT2D eigenvalue weighted by Crippen LogP contribution is -2.21. The Balaban J connectivity index is 1.49. The van der Waals surface area contributed by atoms with Gasteiger partial charge in [0.15, 0.2) is 5.16 Å². The van der Waals surface area contributed by atoms with Crippen molar-refractivity contribution in [1.82, 2.24) is 14.5 Å². The van der Waals surface area contributed by atoms with Crippen LogP contribution in [0.15, 0.2) is 99.5 Å². The Labute approximate surface area is 196 Å². The fourth-order valence-corrected chi connectivity index (χ4v) is 4.33. The Kier molecular flexibility index (Phi) is 6.09. The number of ether oxygens (including phenoxy) is 1. The molecule has 2 heterocycles. The smallest absolute Gasteiger partial charge is 0.387 e.